The summed E-state index contributed by atoms with van der Waals surface area (Å²) < 4.78 is 18.4. The van der Waals surface area contributed by atoms with E-state index in [1.165, 1.54) is 11.6 Å². The molecule has 4 rings (SSSR count). The van der Waals surface area contributed by atoms with Crippen LogP contribution in [-0.2, 0) is 16.2 Å². The average molecular weight is 655 g/mol. The van der Waals surface area contributed by atoms with Crippen LogP contribution >= 0.6 is 22.6 Å². The summed E-state index contributed by atoms with van der Waals surface area (Å²) >= 11 is 2.14. The molecule has 8 nitrogen and oxygen atoms in total. The number of imide groups is 2. The van der Waals surface area contributed by atoms with Crippen LogP contribution in [-0.4, -0.2) is 31.1 Å². The number of hydrogen-bond donors (Lipinski definition) is 1. The number of aryl methyl sites for hydroxylation is 1. The van der Waals surface area contributed by atoms with Crippen LogP contribution in [0.15, 0.2) is 66.2 Å². The van der Waals surface area contributed by atoms with Crippen LogP contribution in [0.25, 0.3) is 6.08 Å². The Bertz CT molecular complexity index is 1420. The van der Waals surface area contributed by atoms with Gasteiger partial charge in [-0.25, -0.2) is 9.69 Å². The number of rotatable bonds is 11. The summed E-state index contributed by atoms with van der Waals surface area (Å²) in [6.07, 6.45) is 3.39. The minimum Gasteiger partial charge on any atom is -0.494 e. The zero-order valence-corrected chi connectivity index (χ0v) is 24.8. The van der Waals surface area contributed by atoms with E-state index in [0.29, 0.717) is 48.3 Å². The van der Waals surface area contributed by atoms with Gasteiger partial charge in [-0.05, 0) is 96.5 Å². The molecule has 0 saturated carbocycles. The van der Waals surface area contributed by atoms with Gasteiger partial charge in [-0.1, -0.05) is 43.2 Å². The second kappa shape index (κ2) is 13.5. The number of barbiturate groups is 1. The number of urea groups is 1. The molecule has 3 aromatic rings. The second-order valence-corrected chi connectivity index (χ2v) is 10.4. The number of nitrogens with one attached hydrogen (secondary N) is 1. The fourth-order valence-electron chi connectivity index (χ4n) is 4.00. The Kier molecular flexibility index (Phi) is 9.81. The molecule has 208 valence electrons. The summed E-state index contributed by atoms with van der Waals surface area (Å²) in [7, 11) is 0. The Morgan fingerprint density at radius 3 is 2.33 bits per heavy atom. The molecule has 4 amide bonds. The van der Waals surface area contributed by atoms with Crippen molar-refractivity contribution in [3.05, 3.63) is 86.5 Å². The highest BCUT2D eigenvalue weighted by Crippen LogP contribution is 2.36. The van der Waals surface area contributed by atoms with Gasteiger partial charge in [-0.2, -0.15) is 0 Å². The van der Waals surface area contributed by atoms with Crippen LogP contribution < -0.4 is 24.4 Å². The van der Waals surface area contributed by atoms with Crippen LogP contribution in [0.1, 0.15) is 43.4 Å². The number of amides is 4. The van der Waals surface area contributed by atoms with Crippen LogP contribution in [0, 0.1) is 10.5 Å². The molecule has 0 spiro atoms. The highest BCUT2D eigenvalue weighted by molar-refractivity contribution is 14.1. The topological polar surface area (TPSA) is 94.2 Å². The lowest BCUT2D eigenvalue weighted by molar-refractivity contribution is -0.122. The number of halogens is 1. The Morgan fingerprint density at radius 2 is 1.65 bits per heavy atom. The Hall–Kier alpha value is -3.86. The van der Waals surface area contributed by atoms with E-state index in [-0.39, 0.29) is 5.57 Å². The quantitative estimate of drug-likeness (QED) is 0.111. The van der Waals surface area contributed by atoms with Gasteiger partial charge in [0.15, 0.2) is 11.5 Å². The number of unbranched alkanes of at least 4 members (excludes halogenated alkanes) is 1. The average Bonchev–Trinajstić information content (AvgIpc) is 2.92. The standard InChI is InChI=1S/C31H31IN2O6/c1-4-6-15-39-24-13-11-23(12-14-24)34-30(36)25(29(35)33-31(34)37)16-22-17-26(32)28(27(18-22)38-5-2)40-19-21-9-7-20(3)8-10-21/h7-14,16-18H,4-6,15,19H2,1-3H3,(H,33,35,37)/b25-16-. The van der Waals surface area contributed by atoms with Gasteiger partial charge in [-0.3, -0.25) is 14.9 Å². The molecule has 0 atom stereocenters. The van der Waals surface area contributed by atoms with Gasteiger partial charge in [-0.15, -0.1) is 0 Å². The molecule has 1 aliphatic rings. The maximum atomic E-state index is 13.4. The number of hydrogen-bond acceptors (Lipinski definition) is 6. The minimum absolute atomic E-state index is 0.172. The van der Waals surface area contributed by atoms with Crippen LogP contribution in [0.5, 0.6) is 17.2 Å². The smallest absolute Gasteiger partial charge is 0.335 e. The molecule has 1 saturated heterocycles. The lowest BCUT2D eigenvalue weighted by Gasteiger charge is -2.26. The van der Waals surface area contributed by atoms with Crippen molar-refractivity contribution in [2.45, 2.75) is 40.2 Å². The first-order valence-corrected chi connectivity index (χ1v) is 14.2. The van der Waals surface area contributed by atoms with E-state index >= 15 is 0 Å². The molecular formula is C31H31IN2O6. The fourth-order valence-corrected chi connectivity index (χ4v) is 4.78. The third-order valence-corrected chi connectivity index (χ3v) is 6.91. The van der Waals surface area contributed by atoms with Gasteiger partial charge >= 0.3 is 6.03 Å². The van der Waals surface area contributed by atoms with Crippen molar-refractivity contribution in [3.63, 3.8) is 0 Å². The number of carbonyl (C=O) groups is 3. The molecule has 1 heterocycles. The van der Waals surface area contributed by atoms with Crippen molar-refractivity contribution in [1.82, 2.24) is 5.32 Å². The van der Waals surface area contributed by atoms with E-state index in [4.69, 9.17) is 14.2 Å². The number of carbonyl (C=O) groups excluding carboxylic acids is 3. The van der Waals surface area contributed by atoms with Crippen LogP contribution in [0.4, 0.5) is 10.5 Å². The molecule has 0 unspecified atom stereocenters. The van der Waals surface area contributed by atoms with Crippen molar-refractivity contribution in [1.29, 1.82) is 0 Å². The molecule has 1 fully saturated rings. The summed E-state index contributed by atoms with van der Waals surface area (Å²) in [4.78, 5) is 39.7. The number of ether oxygens (including phenoxy) is 3. The number of nitrogens with zero attached hydrogens (tertiary/aromatic N) is 1. The van der Waals surface area contributed by atoms with E-state index in [9.17, 15) is 14.4 Å². The van der Waals surface area contributed by atoms with E-state index < -0.39 is 17.8 Å². The van der Waals surface area contributed by atoms with Gasteiger partial charge in [0.1, 0.15) is 17.9 Å². The minimum atomic E-state index is -0.809. The Morgan fingerprint density at radius 1 is 0.925 bits per heavy atom. The molecule has 3 aromatic carbocycles. The lowest BCUT2D eigenvalue weighted by Crippen LogP contribution is -2.54. The third kappa shape index (κ3) is 7.01. The zero-order chi connectivity index (χ0) is 28.6. The summed E-state index contributed by atoms with van der Waals surface area (Å²) in [5, 5.41) is 2.26. The fraction of sp³-hybridized carbons (Fsp3) is 0.258. The summed E-state index contributed by atoms with van der Waals surface area (Å²) in [5.41, 5.74) is 2.90. The monoisotopic (exact) mass is 654 g/mol. The van der Waals surface area contributed by atoms with Crippen molar-refractivity contribution in [2.75, 3.05) is 18.1 Å². The molecule has 0 aliphatic carbocycles. The molecule has 0 bridgehead atoms. The summed E-state index contributed by atoms with van der Waals surface area (Å²) in [6, 6.07) is 17.4. The van der Waals surface area contributed by atoms with Crippen molar-refractivity contribution >= 4 is 52.2 Å². The SMILES string of the molecule is CCCCOc1ccc(N2C(=O)NC(=O)/C(=C/c3cc(I)c(OCc4ccc(C)cc4)c(OCC)c3)C2=O)cc1. The second-order valence-electron chi connectivity index (χ2n) is 9.19. The predicted octanol–water partition coefficient (Wildman–Crippen LogP) is 6.42. The Balaban J connectivity index is 1.58. The van der Waals surface area contributed by atoms with E-state index in [1.807, 2.05) is 38.1 Å². The normalized spacial score (nSPS) is 14.3. The van der Waals surface area contributed by atoms with Crippen LogP contribution in [0.2, 0.25) is 0 Å². The maximum absolute atomic E-state index is 13.4. The molecule has 0 radical (unpaired) electrons. The third-order valence-electron chi connectivity index (χ3n) is 6.11. The zero-order valence-electron chi connectivity index (χ0n) is 22.7. The summed E-state index contributed by atoms with van der Waals surface area (Å²) in [5.74, 6) is 0.211. The molecular weight excluding hydrogens is 623 g/mol. The molecule has 1 N–H and O–H groups in total. The van der Waals surface area contributed by atoms with Crippen molar-refractivity contribution < 1.29 is 28.6 Å². The van der Waals surface area contributed by atoms with Crippen molar-refractivity contribution in [2.24, 2.45) is 0 Å². The van der Waals surface area contributed by atoms with Gasteiger partial charge in [0.25, 0.3) is 11.8 Å². The largest absolute Gasteiger partial charge is 0.494 e. The van der Waals surface area contributed by atoms with E-state index in [1.54, 1.807) is 36.4 Å². The maximum Gasteiger partial charge on any atom is 0.335 e. The van der Waals surface area contributed by atoms with Crippen molar-refractivity contribution in [3.8, 4) is 17.2 Å². The summed E-state index contributed by atoms with van der Waals surface area (Å²) in [6.45, 7) is 7.31. The van der Waals surface area contributed by atoms with Gasteiger partial charge in [0.05, 0.1) is 22.5 Å². The lowest BCUT2D eigenvalue weighted by atomic mass is 10.1. The van der Waals surface area contributed by atoms with Gasteiger partial charge in [0.2, 0.25) is 0 Å². The molecule has 0 aromatic heterocycles. The first-order chi connectivity index (χ1) is 19.3. The van der Waals surface area contributed by atoms with E-state index in [2.05, 4.69) is 34.8 Å². The number of anilines is 1. The highest BCUT2D eigenvalue weighted by Gasteiger charge is 2.37. The molecule has 40 heavy (non-hydrogen) atoms. The van der Waals surface area contributed by atoms with E-state index in [0.717, 1.165) is 26.9 Å². The first kappa shape index (κ1) is 29.1. The van der Waals surface area contributed by atoms with Gasteiger partial charge in [0, 0.05) is 0 Å². The number of benzene rings is 3. The Labute approximate surface area is 247 Å². The molecule has 1 aliphatic heterocycles. The molecule has 9 heteroatoms. The first-order valence-electron chi connectivity index (χ1n) is 13.1. The van der Waals surface area contributed by atoms with Gasteiger partial charge < -0.3 is 14.2 Å². The highest BCUT2D eigenvalue weighted by atomic mass is 127. The predicted molar refractivity (Wildman–Crippen MR) is 162 cm³/mol. The van der Waals surface area contributed by atoms with Crippen LogP contribution in [0.3, 0.4) is 0 Å².